The number of aromatic nitrogens is 2. The van der Waals surface area contributed by atoms with Crippen molar-refractivity contribution in [2.75, 3.05) is 0 Å². The van der Waals surface area contributed by atoms with E-state index >= 15 is 0 Å². The lowest BCUT2D eigenvalue weighted by atomic mass is 9.98. The summed E-state index contributed by atoms with van der Waals surface area (Å²) < 4.78 is 0. The first-order valence-corrected chi connectivity index (χ1v) is 8.44. The van der Waals surface area contributed by atoms with E-state index in [0.717, 1.165) is 25.1 Å². The topological polar surface area (TPSA) is 25.8 Å². The molecule has 0 atom stereocenters. The molecular weight excluding hydrogens is 244 g/mol. The van der Waals surface area contributed by atoms with Crippen LogP contribution in [0.3, 0.4) is 0 Å². The molecule has 1 aromatic rings. The van der Waals surface area contributed by atoms with Crippen molar-refractivity contribution in [3.05, 3.63) is 29.2 Å². The molecule has 1 radical (unpaired) electrons. The lowest BCUT2D eigenvalue weighted by molar-refractivity contribution is 0.697. The van der Waals surface area contributed by atoms with Gasteiger partial charge in [0.25, 0.3) is 0 Å². The first kappa shape index (κ1) is 17.1. The zero-order valence-electron chi connectivity index (χ0n) is 13.8. The van der Waals surface area contributed by atoms with E-state index < -0.39 is 0 Å². The van der Waals surface area contributed by atoms with E-state index in [2.05, 4.69) is 20.8 Å². The van der Waals surface area contributed by atoms with Gasteiger partial charge in [-0.15, -0.1) is 0 Å². The van der Waals surface area contributed by atoms with E-state index in [1.807, 2.05) is 13.3 Å². The van der Waals surface area contributed by atoms with E-state index in [4.69, 9.17) is 9.97 Å². The summed E-state index contributed by atoms with van der Waals surface area (Å²) in [6.45, 7) is 8.79. The Bertz CT molecular complexity index is 356. The molecule has 0 aliphatic heterocycles. The first-order valence-electron chi connectivity index (χ1n) is 8.44. The van der Waals surface area contributed by atoms with Crippen LogP contribution < -0.4 is 0 Å². The van der Waals surface area contributed by atoms with Crippen molar-refractivity contribution < 1.29 is 0 Å². The number of unbranched alkanes of at least 4 members (excludes halogenated alkanes) is 3. The van der Waals surface area contributed by atoms with Gasteiger partial charge in [-0.3, -0.25) is 0 Å². The molecule has 0 unspecified atom stereocenters. The maximum absolute atomic E-state index is 4.78. The van der Waals surface area contributed by atoms with Crippen LogP contribution in [0, 0.1) is 6.42 Å². The molecule has 1 aromatic heterocycles. The second kappa shape index (κ2) is 9.90. The van der Waals surface area contributed by atoms with E-state index in [1.165, 1.54) is 55.5 Å². The number of aryl methyl sites for hydroxylation is 2. The Morgan fingerprint density at radius 1 is 0.750 bits per heavy atom. The molecule has 0 aromatic carbocycles. The second-order valence-electron chi connectivity index (χ2n) is 5.55. The highest BCUT2D eigenvalue weighted by molar-refractivity contribution is 5.28. The third-order valence-corrected chi connectivity index (χ3v) is 3.77. The molecule has 0 saturated heterocycles. The molecule has 113 valence electrons. The quantitative estimate of drug-likeness (QED) is 0.595. The lowest BCUT2D eigenvalue weighted by Crippen LogP contribution is -2.10. The summed E-state index contributed by atoms with van der Waals surface area (Å²) in [5.41, 5.74) is 4.09. The summed E-state index contributed by atoms with van der Waals surface area (Å²) in [6.07, 6.45) is 12.8. The summed E-state index contributed by atoms with van der Waals surface area (Å²) in [7, 11) is 0. The molecule has 1 rings (SSSR count). The molecule has 0 aliphatic carbocycles. The lowest BCUT2D eigenvalue weighted by Gasteiger charge is -2.15. The maximum atomic E-state index is 4.78. The summed E-state index contributed by atoms with van der Waals surface area (Å²) >= 11 is 0. The van der Waals surface area contributed by atoms with Gasteiger partial charge in [0.15, 0.2) is 0 Å². The number of nitrogens with zero attached hydrogens (tertiary/aromatic N) is 2. The zero-order chi connectivity index (χ0) is 14.8. The SMILES string of the molecule is C[CH]c1nc(CCCC)c(CCCC)c(CCCC)n1. The minimum absolute atomic E-state index is 0.919. The Morgan fingerprint density at radius 3 is 1.60 bits per heavy atom. The van der Waals surface area contributed by atoms with Crippen LogP contribution in [0.1, 0.15) is 89.0 Å². The predicted molar refractivity (Wildman–Crippen MR) is 86.9 cm³/mol. The molecule has 20 heavy (non-hydrogen) atoms. The monoisotopic (exact) mass is 275 g/mol. The zero-order valence-corrected chi connectivity index (χ0v) is 13.8. The Labute approximate surface area is 125 Å². The third-order valence-electron chi connectivity index (χ3n) is 3.77. The minimum atomic E-state index is 0.919. The summed E-state index contributed by atoms with van der Waals surface area (Å²) in [4.78, 5) is 9.57. The number of rotatable bonds is 10. The van der Waals surface area contributed by atoms with Crippen molar-refractivity contribution in [1.82, 2.24) is 9.97 Å². The fourth-order valence-corrected chi connectivity index (χ4v) is 2.48. The van der Waals surface area contributed by atoms with Crippen molar-refractivity contribution in [2.24, 2.45) is 0 Å². The van der Waals surface area contributed by atoms with Gasteiger partial charge < -0.3 is 0 Å². The minimum Gasteiger partial charge on any atom is -0.237 e. The molecule has 0 N–H and O–H groups in total. The predicted octanol–water partition coefficient (Wildman–Crippen LogP) is 5.08. The van der Waals surface area contributed by atoms with Crippen LogP contribution in [-0.2, 0) is 19.3 Å². The van der Waals surface area contributed by atoms with Gasteiger partial charge in [-0.2, -0.15) is 0 Å². The van der Waals surface area contributed by atoms with Crippen LogP contribution in [-0.4, -0.2) is 9.97 Å². The van der Waals surface area contributed by atoms with Gasteiger partial charge in [0.05, 0.1) is 0 Å². The van der Waals surface area contributed by atoms with Crippen molar-refractivity contribution in [2.45, 2.75) is 85.5 Å². The maximum Gasteiger partial charge on any atom is 0.132 e. The Balaban J connectivity index is 3.06. The second-order valence-corrected chi connectivity index (χ2v) is 5.55. The van der Waals surface area contributed by atoms with Gasteiger partial charge in [-0.25, -0.2) is 9.97 Å². The number of hydrogen-bond donors (Lipinski definition) is 0. The van der Waals surface area contributed by atoms with Crippen molar-refractivity contribution in [3.8, 4) is 0 Å². The van der Waals surface area contributed by atoms with Crippen LogP contribution in [0.2, 0.25) is 0 Å². The molecule has 0 aliphatic rings. The average Bonchev–Trinajstić information content (AvgIpc) is 2.48. The molecule has 2 heteroatoms. The fraction of sp³-hybridized carbons (Fsp3) is 0.722. The third kappa shape index (κ3) is 5.22. The normalized spacial score (nSPS) is 11.0. The molecule has 0 fully saturated rings. The molecule has 0 spiro atoms. The van der Waals surface area contributed by atoms with E-state index in [9.17, 15) is 0 Å². The van der Waals surface area contributed by atoms with Gasteiger partial charge in [0.1, 0.15) is 5.82 Å². The summed E-state index contributed by atoms with van der Waals surface area (Å²) in [5.74, 6) is 0.919. The largest absolute Gasteiger partial charge is 0.237 e. The first-order chi connectivity index (χ1) is 9.76. The Morgan fingerprint density at radius 2 is 1.20 bits per heavy atom. The highest BCUT2D eigenvalue weighted by atomic mass is 14.9. The van der Waals surface area contributed by atoms with E-state index in [1.54, 1.807) is 0 Å². The van der Waals surface area contributed by atoms with E-state index in [-0.39, 0.29) is 0 Å². The highest BCUT2D eigenvalue weighted by Crippen LogP contribution is 2.19. The molecule has 0 saturated carbocycles. The van der Waals surface area contributed by atoms with Crippen molar-refractivity contribution >= 4 is 0 Å². The van der Waals surface area contributed by atoms with Crippen LogP contribution in [0.4, 0.5) is 0 Å². The standard InChI is InChI=1S/C18H31N2/c1-5-9-12-15-16(13-10-6-2)19-18(8-4)20-17(15)14-11-7-3/h8H,5-7,9-14H2,1-4H3. The molecule has 1 heterocycles. The fourth-order valence-electron chi connectivity index (χ4n) is 2.48. The highest BCUT2D eigenvalue weighted by Gasteiger charge is 2.13. The Kier molecular flexibility index (Phi) is 8.48. The average molecular weight is 275 g/mol. The van der Waals surface area contributed by atoms with Crippen molar-refractivity contribution in [1.29, 1.82) is 0 Å². The van der Waals surface area contributed by atoms with Crippen LogP contribution >= 0.6 is 0 Å². The smallest absolute Gasteiger partial charge is 0.132 e. The Hall–Kier alpha value is -0.920. The van der Waals surface area contributed by atoms with Gasteiger partial charge >= 0.3 is 0 Å². The van der Waals surface area contributed by atoms with Gasteiger partial charge in [0, 0.05) is 17.8 Å². The van der Waals surface area contributed by atoms with Gasteiger partial charge in [-0.05, 0) is 44.1 Å². The molecule has 0 bridgehead atoms. The molecule has 0 amide bonds. The van der Waals surface area contributed by atoms with Crippen LogP contribution in [0.5, 0.6) is 0 Å². The molecule has 2 nitrogen and oxygen atoms in total. The van der Waals surface area contributed by atoms with E-state index in [0.29, 0.717) is 0 Å². The number of hydrogen-bond acceptors (Lipinski definition) is 2. The summed E-state index contributed by atoms with van der Waals surface area (Å²) in [5, 5.41) is 0. The van der Waals surface area contributed by atoms with Crippen molar-refractivity contribution in [3.63, 3.8) is 0 Å². The van der Waals surface area contributed by atoms with Crippen LogP contribution in [0.15, 0.2) is 0 Å². The molecular formula is C18H31N2. The van der Waals surface area contributed by atoms with Gasteiger partial charge in [-0.1, -0.05) is 47.0 Å². The summed E-state index contributed by atoms with van der Waals surface area (Å²) in [6, 6.07) is 0. The van der Waals surface area contributed by atoms with Crippen LogP contribution in [0.25, 0.3) is 0 Å². The van der Waals surface area contributed by atoms with Gasteiger partial charge in [0.2, 0.25) is 0 Å².